The van der Waals surface area contributed by atoms with Crippen LogP contribution in [-0.4, -0.2) is 19.1 Å². The van der Waals surface area contributed by atoms with Crippen LogP contribution < -0.4 is 11.1 Å². The third-order valence-electron chi connectivity index (χ3n) is 2.45. The molecule has 1 aliphatic heterocycles. The van der Waals surface area contributed by atoms with Crippen molar-refractivity contribution in [3.8, 4) is 0 Å². The predicted octanol–water partition coefficient (Wildman–Crippen LogP) is 0.969. The zero-order chi connectivity index (χ0) is 8.27. The largest absolute Gasteiger partial charge is 0.327 e. The van der Waals surface area contributed by atoms with Crippen molar-refractivity contribution in [3.63, 3.8) is 0 Å². The third-order valence-corrected chi connectivity index (χ3v) is 2.45. The van der Waals surface area contributed by atoms with Gasteiger partial charge in [-0.1, -0.05) is 13.8 Å². The van der Waals surface area contributed by atoms with Crippen LogP contribution in [0.4, 0.5) is 0 Å². The van der Waals surface area contributed by atoms with Crippen LogP contribution in [0.15, 0.2) is 0 Å². The molecule has 3 N–H and O–H groups in total. The molecule has 11 heavy (non-hydrogen) atoms. The second kappa shape index (κ2) is 4.07. The van der Waals surface area contributed by atoms with Crippen LogP contribution >= 0.6 is 0 Å². The Morgan fingerprint density at radius 1 is 1.55 bits per heavy atom. The number of nitrogens with two attached hydrogens (primary N) is 1. The van der Waals surface area contributed by atoms with Crippen LogP contribution in [0.5, 0.6) is 0 Å². The van der Waals surface area contributed by atoms with E-state index in [0.29, 0.717) is 6.04 Å². The highest BCUT2D eigenvalue weighted by Gasteiger charge is 2.21. The fourth-order valence-electron chi connectivity index (χ4n) is 1.78. The summed E-state index contributed by atoms with van der Waals surface area (Å²) in [6.07, 6.45) is 2.44. The van der Waals surface area contributed by atoms with Gasteiger partial charge in [0.1, 0.15) is 0 Å². The Morgan fingerprint density at radius 2 is 2.27 bits per heavy atom. The Hall–Kier alpha value is -0.0800. The summed E-state index contributed by atoms with van der Waals surface area (Å²) in [6.45, 7) is 6.77. The summed E-state index contributed by atoms with van der Waals surface area (Å²) in [5.74, 6) is 1.47. The first kappa shape index (κ1) is 9.01. The normalized spacial score (nSPS) is 27.8. The van der Waals surface area contributed by atoms with Crippen LogP contribution in [0.1, 0.15) is 26.7 Å². The summed E-state index contributed by atoms with van der Waals surface area (Å²) in [5.41, 5.74) is 6.04. The Bertz CT molecular complexity index is 106. The quantitative estimate of drug-likeness (QED) is 0.639. The molecule has 0 spiro atoms. The van der Waals surface area contributed by atoms with E-state index in [-0.39, 0.29) is 0 Å². The molecule has 66 valence electrons. The van der Waals surface area contributed by atoms with E-state index in [1.807, 2.05) is 0 Å². The lowest BCUT2D eigenvalue weighted by atomic mass is 9.92. The van der Waals surface area contributed by atoms with Crippen LogP contribution in [0.3, 0.4) is 0 Å². The van der Waals surface area contributed by atoms with E-state index in [4.69, 9.17) is 5.73 Å². The highest BCUT2D eigenvalue weighted by Crippen LogP contribution is 2.16. The molecule has 1 aliphatic rings. The van der Waals surface area contributed by atoms with E-state index < -0.39 is 0 Å². The van der Waals surface area contributed by atoms with Crippen molar-refractivity contribution in [2.75, 3.05) is 13.1 Å². The topological polar surface area (TPSA) is 38.0 Å². The van der Waals surface area contributed by atoms with E-state index in [2.05, 4.69) is 19.2 Å². The van der Waals surface area contributed by atoms with Crippen molar-refractivity contribution in [2.24, 2.45) is 17.6 Å². The highest BCUT2D eigenvalue weighted by atomic mass is 14.9. The molecule has 1 saturated heterocycles. The van der Waals surface area contributed by atoms with Gasteiger partial charge in [0.25, 0.3) is 0 Å². The van der Waals surface area contributed by atoms with Gasteiger partial charge in [0.05, 0.1) is 0 Å². The van der Waals surface area contributed by atoms with Gasteiger partial charge in [-0.05, 0) is 37.8 Å². The molecule has 0 saturated carbocycles. The maximum absolute atomic E-state index is 6.04. The molecule has 2 unspecified atom stereocenters. The standard InChI is InChI=1S/C9H20N2/c1-7(2)5-9(10)8-3-4-11-6-8/h7-9,11H,3-6,10H2,1-2H3. The lowest BCUT2D eigenvalue weighted by Crippen LogP contribution is -2.32. The molecule has 0 aromatic carbocycles. The molecule has 2 atom stereocenters. The van der Waals surface area contributed by atoms with Crippen LogP contribution in [0.2, 0.25) is 0 Å². The van der Waals surface area contributed by atoms with Crippen molar-refractivity contribution < 1.29 is 0 Å². The minimum atomic E-state index is 0.421. The van der Waals surface area contributed by atoms with Gasteiger partial charge in [0, 0.05) is 6.04 Å². The first-order chi connectivity index (χ1) is 5.20. The van der Waals surface area contributed by atoms with Gasteiger partial charge >= 0.3 is 0 Å². The summed E-state index contributed by atoms with van der Waals surface area (Å²) < 4.78 is 0. The molecular weight excluding hydrogens is 136 g/mol. The lowest BCUT2D eigenvalue weighted by Gasteiger charge is -2.19. The minimum absolute atomic E-state index is 0.421. The average Bonchev–Trinajstić information content (AvgIpc) is 2.35. The molecule has 1 fully saturated rings. The number of hydrogen-bond acceptors (Lipinski definition) is 2. The summed E-state index contributed by atoms with van der Waals surface area (Å²) in [7, 11) is 0. The maximum atomic E-state index is 6.04. The van der Waals surface area contributed by atoms with Crippen molar-refractivity contribution >= 4 is 0 Å². The molecule has 0 amide bonds. The highest BCUT2D eigenvalue weighted by molar-refractivity contribution is 4.80. The lowest BCUT2D eigenvalue weighted by molar-refractivity contribution is 0.384. The molecule has 2 heteroatoms. The number of hydrogen-bond donors (Lipinski definition) is 2. The van der Waals surface area contributed by atoms with Gasteiger partial charge in [-0.2, -0.15) is 0 Å². The Balaban J connectivity index is 2.22. The molecular formula is C9H20N2. The summed E-state index contributed by atoms with van der Waals surface area (Å²) >= 11 is 0. The van der Waals surface area contributed by atoms with Crippen molar-refractivity contribution in [3.05, 3.63) is 0 Å². The summed E-state index contributed by atoms with van der Waals surface area (Å²) in [4.78, 5) is 0. The number of nitrogens with one attached hydrogen (secondary N) is 1. The first-order valence-electron chi connectivity index (χ1n) is 4.66. The SMILES string of the molecule is CC(C)CC(N)C1CCNC1. The van der Waals surface area contributed by atoms with E-state index in [1.165, 1.54) is 12.8 Å². The molecule has 0 aliphatic carbocycles. The average molecular weight is 156 g/mol. The van der Waals surface area contributed by atoms with Crippen LogP contribution in [0, 0.1) is 11.8 Å². The fourth-order valence-corrected chi connectivity index (χ4v) is 1.78. The van der Waals surface area contributed by atoms with Gasteiger partial charge in [-0.25, -0.2) is 0 Å². The Morgan fingerprint density at radius 3 is 2.73 bits per heavy atom. The van der Waals surface area contributed by atoms with Gasteiger partial charge in [-0.3, -0.25) is 0 Å². The van der Waals surface area contributed by atoms with Crippen molar-refractivity contribution in [1.29, 1.82) is 0 Å². The van der Waals surface area contributed by atoms with Crippen LogP contribution in [-0.2, 0) is 0 Å². The van der Waals surface area contributed by atoms with Crippen molar-refractivity contribution in [2.45, 2.75) is 32.7 Å². The fraction of sp³-hybridized carbons (Fsp3) is 1.00. The van der Waals surface area contributed by atoms with E-state index in [0.717, 1.165) is 24.9 Å². The second-order valence-corrected chi connectivity index (χ2v) is 4.05. The zero-order valence-electron chi connectivity index (χ0n) is 7.64. The molecule has 1 heterocycles. The first-order valence-corrected chi connectivity index (χ1v) is 4.66. The number of rotatable bonds is 3. The zero-order valence-corrected chi connectivity index (χ0v) is 7.64. The Labute approximate surface area is 69.5 Å². The van der Waals surface area contributed by atoms with Crippen LogP contribution in [0.25, 0.3) is 0 Å². The van der Waals surface area contributed by atoms with Crippen molar-refractivity contribution in [1.82, 2.24) is 5.32 Å². The minimum Gasteiger partial charge on any atom is -0.327 e. The maximum Gasteiger partial charge on any atom is 0.00821 e. The van der Waals surface area contributed by atoms with Gasteiger partial charge in [0.2, 0.25) is 0 Å². The predicted molar refractivity (Wildman–Crippen MR) is 48.4 cm³/mol. The third kappa shape index (κ3) is 2.80. The molecule has 0 radical (unpaired) electrons. The summed E-state index contributed by atoms with van der Waals surface area (Å²) in [5, 5.41) is 3.35. The molecule has 0 aromatic heterocycles. The van der Waals surface area contributed by atoms with Gasteiger partial charge < -0.3 is 11.1 Å². The smallest absolute Gasteiger partial charge is 0.00821 e. The van der Waals surface area contributed by atoms with Gasteiger partial charge in [0.15, 0.2) is 0 Å². The molecule has 1 rings (SSSR count). The molecule has 0 bridgehead atoms. The molecule has 2 nitrogen and oxygen atoms in total. The monoisotopic (exact) mass is 156 g/mol. The summed E-state index contributed by atoms with van der Waals surface area (Å²) in [6, 6.07) is 0.421. The van der Waals surface area contributed by atoms with E-state index in [1.54, 1.807) is 0 Å². The van der Waals surface area contributed by atoms with E-state index >= 15 is 0 Å². The van der Waals surface area contributed by atoms with Gasteiger partial charge in [-0.15, -0.1) is 0 Å². The second-order valence-electron chi connectivity index (χ2n) is 4.05. The molecule has 0 aromatic rings. The Kier molecular flexibility index (Phi) is 3.34. The van der Waals surface area contributed by atoms with E-state index in [9.17, 15) is 0 Å².